The van der Waals surface area contributed by atoms with E-state index in [1.807, 2.05) is 11.8 Å². The maximum atomic E-state index is 14.2. The Bertz CT molecular complexity index is 2920. The Kier molecular flexibility index (Phi) is 14.2. The molecule has 1 aliphatic carbocycles. The van der Waals surface area contributed by atoms with Crippen molar-refractivity contribution in [3.8, 4) is 11.5 Å². The summed E-state index contributed by atoms with van der Waals surface area (Å²) in [4.78, 5) is 82.3. The van der Waals surface area contributed by atoms with Crippen LogP contribution in [-0.4, -0.2) is 74.1 Å². The number of aromatic hydroxyl groups is 2. The second kappa shape index (κ2) is 19.5. The maximum absolute atomic E-state index is 14.2. The predicted octanol–water partition coefficient (Wildman–Crippen LogP) is 9.81. The standard InChI is InChI=1S/C45H40Cl4N6O8S2/c1-4-26(54(20(2)56)18-22-5-9-24(10-6-22)41(61)52-44-32(40(50)60)28-15-30(46)36(58)34(48)38(28)64-44)17-51-43(63)33-29-16-31(47)37(59)35(49)39(29)65-45(33)53-42(62)25-11-7-23(8-12-25)19-55(21(3)57)27-13-14-27/h5-12,15-16,26-27,58-59H,4,13-14,17-19H2,1-3H3,(H2,50,60)(H,51,63)(H,52,61)(H,53,62). The number of amides is 6. The number of rotatable bonds is 15. The summed E-state index contributed by atoms with van der Waals surface area (Å²) in [5.74, 6) is -3.56. The maximum Gasteiger partial charge on any atom is 0.256 e. The molecule has 0 radical (unpaired) electrons. The van der Waals surface area contributed by atoms with Gasteiger partial charge in [0.2, 0.25) is 11.8 Å². The number of benzene rings is 4. The molecule has 1 fully saturated rings. The number of nitrogens with one attached hydrogen (secondary N) is 3. The van der Waals surface area contributed by atoms with E-state index >= 15 is 0 Å². The van der Waals surface area contributed by atoms with Crippen molar-refractivity contribution in [2.24, 2.45) is 5.73 Å². The van der Waals surface area contributed by atoms with Crippen molar-refractivity contribution in [2.45, 2.75) is 65.2 Å². The van der Waals surface area contributed by atoms with Crippen molar-refractivity contribution >= 4 is 135 Å². The van der Waals surface area contributed by atoms with Gasteiger partial charge < -0.3 is 41.7 Å². The minimum absolute atomic E-state index is 0.00361. The van der Waals surface area contributed by atoms with Crippen LogP contribution in [0.2, 0.25) is 20.1 Å². The smallest absolute Gasteiger partial charge is 0.256 e. The average Bonchev–Trinajstić information content (AvgIpc) is 3.96. The summed E-state index contributed by atoms with van der Waals surface area (Å²) < 4.78 is 0.625. The van der Waals surface area contributed by atoms with Crippen molar-refractivity contribution < 1.29 is 39.0 Å². The number of anilines is 2. The molecule has 0 aliphatic heterocycles. The van der Waals surface area contributed by atoms with Gasteiger partial charge >= 0.3 is 0 Å². The number of phenols is 2. The summed E-state index contributed by atoms with van der Waals surface area (Å²) in [6.07, 6.45) is 2.37. The highest BCUT2D eigenvalue weighted by Gasteiger charge is 2.31. The van der Waals surface area contributed by atoms with Crippen LogP contribution in [0, 0.1) is 0 Å². The van der Waals surface area contributed by atoms with Crippen molar-refractivity contribution in [1.29, 1.82) is 0 Å². The molecule has 20 heteroatoms. The van der Waals surface area contributed by atoms with Crippen LogP contribution in [0.25, 0.3) is 20.2 Å². The number of carbonyl (C=O) groups is 6. The Labute approximate surface area is 400 Å². The molecule has 1 unspecified atom stereocenters. The lowest BCUT2D eigenvalue weighted by Crippen LogP contribution is -2.45. The molecule has 6 amide bonds. The van der Waals surface area contributed by atoms with Gasteiger partial charge in [-0.25, -0.2) is 0 Å². The van der Waals surface area contributed by atoms with E-state index in [1.165, 1.54) is 26.0 Å². The molecule has 1 saturated carbocycles. The highest BCUT2D eigenvalue weighted by molar-refractivity contribution is 7.24. The largest absolute Gasteiger partial charge is 0.505 e. The number of hydrogen-bond acceptors (Lipinski definition) is 10. The van der Waals surface area contributed by atoms with Gasteiger partial charge in [-0.15, -0.1) is 22.7 Å². The Morgan fingerprint density at radius 3 is 1.60 bits per heavy atom. The van der Waals surface area contributed by atoms with Gasteiger partial charge in [-0.3, -0.25) is 28.8 Å². The first kappa shape index (κ1) is 47.3. The normalized spacial score (nSPS) is 12.8. The molecule has 7 N–H and O–H groups in total. The fourth-order valence-electron chi connectivity index (χ4n) is 7.37. The average molecular weight is 999 g/mol. The van der Waals surface area contributed by atoms with Gasteiger partial charge in [0, 0.05) is 67.5 Å². The van der Waals surface area contributed by atoms with Crippen molar-refractivity contribution in [3.63, 3.8) is 0 Å². The molecule has 2 heterocycles. The lowest BCUT2D eigenvalue weighted by Gasteiger charge is -2.30. The number of primary amides is 1. The third-order valence-electron chi connectivity index (χ3n) is 11.0. The van der Waals surface area contributed by atoms with E-state index in [-0.39, 0.29) is 94.6 Å². The Hall–Kier alpha value is -5.62. The third-order valence-corrected chi connectivity index (χ3v) is 14.8. The minimum Gasteiger partial charge on any atom is -0.505 e. The highest BCUT2D eigenvalue weighted by atomic mass is 35.5. The summed E-state index contributed by atoms with van der Waals surface area (Å²) >= 11 is 27.1. The second-order valence-corrected chi connectivity index (χ2v) is 19.0. The molecular weight excluding hydrogens is 958 g/mol. The molecule has 14 nitrogen and oxygen atoms in total. The van der Waals surface area contributed by atoms with Crippen molar-refractivity contribution in [2.75, 3.05) is 17.2 Å². The summed E-state index contributed by atoms with van der Waals surface area (Å²) in [6, 6.07) is 15.7. The summed E-state index contributed by atoms with van der Waals surface area (Å²) in [6.45, 7) is 5.35. The van der Waals surface area contributed by atoms with Gasteiger partial charge in [0.05, 0.1) is 30.6 Å². The van der Waals surface area contributed by atoms with E-state index in [2.05, 4.69) is 16.0 Å². The molecule has 7 rings (SSSR count). The number of nitrogens with two attached hydrogens (primary N) is 1. The van der Waals surface area contributed by atoms with E-state index in [1.54, 1.807) is 53.4 Å². The summed E-state index contributed by atoms with van der Waals surface area (Å²) in [5, 5.41) is 29.6. The summed E-state index contributed by atoms with van der Waals surface area (Å²) in [7, 11) is 0. The van der Waals surface area contributed by atoms with Crippen molar-refractivity contribution in [1.82, 2.24) is 15.1 Å². The van der Waals surface area contributed by atoms with Gasteiger partial charge in [-0.1, -0.05) is 77.6 Å². The van der Waals surface area contributed by atoms with Gasteiger partial charge in [0.25, 0.3) is 23.6 Å². The van der Waals surface area contributed by atoms with E-state index in [4.69, 9.17) is 52.1 Å². The first-order valence-electron chi connectivity index (χ1n) is 20.1. The molecule has 4 aromatic carbocycles. The molecule has 0 bridgehead atoms. The molecule has 1 atom stereocenters. The molecule has 1 aliphatic rings. The zero-order valence-electron chi connectivity index (χ0n) is 34.8. The third kappa shape index (κ3) is 9.98. The van der Waals surface area contributed by atoms with Gasteiger partial charge in [0.1, 0.15) is 20.0 Å². The number of hydrogen-bond donors (Lipinski definition) is 6. The Balaban J connectivity index is 1.06. The van der Waals surface area contributed by atoms with Crippen LogP contribution in [0.4, 0.5) is 10.0 Å². The molecule has 65 heavy (non-hydrogen) atoms. The minimum atomic E-state index is -0.836. The topological polar surface area (TPSA) is 211 Å². The zero-order chi connectivity index (χ0) is 47.0. The lowest BCUT2D eigenvalue weighted by atomic mass is 10.1. The summed E-state index contributed by atoms with van der Waals surface area (Å²) in [5.41, 5.74) is 7.74. The number of carbonyl (C=O) groups excluding carboxylic acids is 6. The molecule has 0 saturated heterocycles. The van der Waals surface area contributed by atoms with Crippen LogP contribution in [0.15, 0.2) is 60.7 Å². The van der Waals surface area contributed by atoms with E-state index in [0.29, 0.717) is 38.9 Å². The first-order chi connectivity index (χ1) is 30.9. The molecule has 2 aromatic heterocycles. The van der Waals surface area contributed by atoms with Crippen LogP contribution in [-0.2, 0) is 22.7 Å². The van der Waals surface area contributed by atoms with Crippen LogP contribution >= 0.6 is 69.1 Å². The van der Waals surface area contributed by atoms with Crippen LogP contribution in [0.1, 0.15) is 92.6 Å². The molecule has 0 spiro atoms. The fraction of sp³-hybridized carbons (Fsp3) is 0.244. The van der Waals surface area contributed by atoms with Gasteiger partial charge in [-0.05, 0) is 66.8 Å². The predicted molar refractivity (Wildman–Crippen MR) is 256 cm³/mol. The number of halogens is 4. The number of thiophene rings is 2. The quantitative estimate of drug-likeness (QED) is 0.0582. The van der Waals surface area contributed by atoms with Crippen LogP contribution in [0.5, 0.6) is 11.5 Å². The highest BCUT2D eigenvalue weighted by Crippen LogP contribution is 2.48. The molecule has 6 aromatic rings. The van der Waals surface area contributed by atoms with E-state index in [9.17, 15) is 39.0 Å². The lowest BCUT2D eigenvalue weighted by molar-refractivity contribution is -0.132. The number of nitrogens with zero attached hydrogens (tertiary/aromatic N) is 2. The van der Waals surface area contributed by atoms with Crippen LogP contribution in [0.3, 0.4) is 0 Å². The van der Waals surface area contributed by atoms with E-state index in [0.717, 1.165) is 41.1 Å². The monoisotopic (exact) mass is 996 g/mol. The Morgan fingerprint density at radius 1 is 0.708 bits per heavy atom. The van der Waals surface area contributed by atoms with Gasteiger partial charge in [0.15, 0.2) is 11.5 Å². The van der Waals surface area contributed by atoms with Crippen LogP contribution < -0.4 is 21.7 Å². The second-order valence-electron chi connectivity index (χ2n) is 15.4. The zero-order valence-corrected chi connectivity index (χ0v) is 39.5. The Morgan fingerprint density at radius 2 is 1.17 bits per heavy atom. The first-order valence-corrected chi connectivity index (χ1v) is 23.2. The van der Waals surface area contributed by atoms with Crippen molar-refractivity contribution in [3.05, 3.63) is 114 Å². The molecule has 338 valence electrons. The molecular formula is C45H40Cl4N6O8S2. The SMILES string of the molecule is CCC(CNC(=O)c1c(NC(=O)c2ccc(CN(C(C)=O)C3CC3)cc2)sc2c(Cl)c(O)c(Cl)cc12)N(Cc1ccc(C(=O)Nc2sc3c(Cl)c(O)c(Cl)cc3c2C(N)=O)cc1)C(C)=O. The van der Waals surface area contributed by atoms with Gasteiger partial charge in [-0.2, -0.15) is 0 Å². The fourth-order valence-corrected chi connectivity index (χ4v) is 10.7. The van der Waals surface area contributed by atoms with E-state index < -0.39 is 29.7 Å². The number of phenolic OH excluding ortho intramolecular Hbond substituents is 2. The number of fused-ring (bicyclic) bond motifs is 2.